The van der Waals surface area contributed by atoms with E-state index in [0.717, 1.165) is 12.1 Å². The van der Waals surface area contributed by atoms with Crippen LogP contribution in [-0.2, 0) is 6.18 Å². The van der Waals surface area contributed by atoms with Crippen LogP contribution in [0.15, 0.2) is 42.5 Å². The van der Waals surface area contributed by atoms with E-state index in [4.69, 9.17) is 4.74 Å². The predicted octanol–water partition coefficient (Wildman–Crippen LogP) is 4.16. The SMILES string of the molecule is C[C@H](CO)N1C[C@H](C)[C@H](CN(C)C(=O)Nc2ccc(C(F)(F)F)cc2)Oc2c(cccc2N(C)C)C1=O. The molecule has 3 rings (SSSR count). The molecule has 0 fully saturated rings. The van der Waals surface area contributed by atoms with E-state index in [1.54, 1.807) is 31.0 Å². The summed E-state index contributed by atoms with van der Waals surface area (Å²) >= 11 is 0. The number of aliphatic hydroxyl groups is 1. The molecule has 2 aromatic rings. The number of aliphatic hydroxyl groups excluding tert-OH is 1. The molecule has 1 heterocycles. The molecule has 3 amide bonds. The van der Waals surface area contributed by atoms with E-state index < -0.39 is 29.9 Å². The molecular weight excluding hydrogens is 489 g/mol. The van der Waals surface area contributed by atoms with Crippen molar-refractivity contribution in [2.24, 2.45) is 5.92 Å². The minimum Gasteiger partial charge on any atom is -0.485 e. The number of rotatable bonds is 6. The molecule has 0 radical (unpaired) electrons. The number of nitrogens with one attached hydrogen (secondary N) is 1. The summed E-state index contributed by atoms with van der Waals surface area (Å²) in [6, 6.07) is 8.53. The Balaban J connectivity index is 1.85. The minimum atomic E-state index is -4.46. The van der Waals surface area contributed by atoms with Gasteiger partial charge in [0, 0.05) is 39.3 Å². The number of hydrogen-bond acceptors (Lipinski definition) is 5. The first-order valence-electron chi connectivity index (χ1n) is 11.9. The number of hydrogen-bond donors (Lipinski definition) is 2. The Bertz CT molecular complexity index is 1110. The highest BCUT2D eigenvalue weighted by molar-refractivity contribution is 5.99. The van der Waals surface area contributed by atoms with Gasteiger partial charge in [-0.1, -0.05) is 13.0 Å². The first-order chi connectivity index (χ1) is 17.3. The molecule has 11 heteroatoms. The van der Waals surface area contributed by atoms with Gasteiger partial charge in [-0.25, -0.2) is 4.79 Å². The van der Waals surface area contributed by atoms with Crippen molar-refractivity contribution in [2.75, 3.05) is 51.1 Å². The number of benzene rings is 2. The Kier molecular flexibility index (Phi) is 8.57. The average molecular weight is 523 g/mol. The molecule has 0 saturated heterocycles. The van der Waals surface area contributed by atoms with E-state index in [0.29, 0.717) is 23.5 Å². The molecule has 37 heavy (non-hydrogen) atoms. The fourth-order valence-corrected chi connectivity index (χ4v) is 4.11. The van der Waals surface area contributed by atoms with Crippen LogP contribution >= 0.6 is 0 Å². The van der Waals surface area contributed by atoms with E-state index >= 15 is 0 Å². The summed E-state index contributed by atoms with van der Waals surface area (Å²) in [6.07, 6.45) is -4.99. The van der Waals surface area contributed by atoms with Crippen LogP contribution in [0.25, 0.3) is 0 Å². The molecular formula is C26H33F3N4O4. The standard InChI is InChI=1S/C26H33F3N4O4/c1-16-13-33(17(2)15-34)24(35)20-7-6-8-21(31(3)4)23(20)37-22(16)14-32(5)25(36)30-19-11-9-18(10-12-19)26(27,28)29/h6-12,16-17,22,34H,13-15H2,1-5H3,(H,30,36)/t16-,17+,22-/m0/s1. The second-order valence-electron chi connectivity index (χ2n) is 9.56. The molecule has 2 aromatic carbocycles. The van der Waals surface area contributed by atoms with Crippen LogP contribution in [0.3, 0.4) is 0 Å². The highest BCUT2D eigenvalue weighted by atomic mass is 19.4. The van der Waals surface area contributed by atoms with Crippen LogP contribution in [0.4, 0.5) is 29.3 Å². The zero-order valence-electron chi connectivity index (χ0n) is 21.5. The molecule has 0 aromatic heterocycles. The largest absolute Gasteiger partial charge is 0.485 e. The first kappa shape index (κ1) is 28.1. The van der Waals surface area contributed by atoms with Gasteiger partial charge in [0.2, 0.25) is 0 Å². The lowest BCUT2D eigenvalue weighted by Crippen LogP contribution is -2.50. The maximum absolute atomic E-state index is 13.4. The number of nitrogens with zero attached hydrogens (tertiary/aromatic N) is 3. The van der Waals surface area contributed by atoms with Crippen molar-refractivity contribution in [2.45, 2.75) is 32.2 Å². The number of amides is 3. The van der Waals surface area contributed by atoms with E-state index in [-0.39, 0.29) is 30.7 Å². The topological polar surface area (TPSA) is 85.3 Å². The third-order valence-corrected chi connectivity index (χ3v) is 6.42. The Morgan fingerprint density at radius 1 is 1.19 bits per heavy atom. The van der Waals surface area contributed by atoms with Gasteiger partial charge in [-0.15, -0.1) is 0 Å². The van der Waals surface area contributed by atoms with Crippen molar-refractivity contribution < 1.29 is 32.6 Å². The quantitative estimate of drug-likeness (QED) is 0.595. The number of alkyl halides is 3. The number of ether oxygens (including phenoxy) is 1. The molecule has 202 valence electrons. The summed E-state index contributed by atoms with van der Waals surface area (Å²) in [4.78, 5) is 31.1. The molecule has 3 atom stereocenters. The lowest BCUT2D eigenvalue weighted by molar-refractivity contribution is -0.137. The fourth-order valence-electron chi connectivity index (χ4n) is 4.11. The predicted molar refractivity (Wildman–Crippen MR) is 135 cm³/mol. The lowest BCUT2D eigenvalue weighted by Gasteiger charge is -2.39. The second kappa shape index (κ2) is 11.3. The van der Waals surface area contributed by atoms with Gasteiger partial charge in [0.1, 0.15) is 6.10 Å². The first-order valence-corrected chi connectivity index (χ1v) is 11.9. The molecule has 0 bridgehead atoms. The number of halogens is 3. The second-order valence-corrected chi connectivity index (χ2v) is 9.56. The van der Waals surface area contributed by atoms with Crippen molar-refractivity contribution in [3.63, 3.8) is 0 Å². The van der Waals surface area contributed by atoms with Gasteiger partial charge in [-0.2, -0.15) is 13.2 Å². The average Bonchev–Trinajstić information content (AvgIpc) is 2.84. The van der Waals surface area contributed by atoms with Gasteiger partial charge in [-0.05, 0) is 43.3 Å². The fraction of sp³-hybridized carbons (Fsp3) is 0.462. The molecule has 8 nitrogen and oxygen atoms in total. The smallest absolute Gasteiger partial charge is 0.416 e. The van der Waals surface area contributed by atoms with E-state index in [2.05, 4.69) is 5.32 Å². The summed E-state index contributed by atoms with van der Waals surface area (Å²) < 4.78 is 44.9. The van der Waals surface area contributed by atoms with Crippen molar-refractivity contribution in [3.05, 3.63) is 53.6 Å². The molecule has 0 saturated carbocycles. The van der Waals surface area contributed by atoms with E-state index in [1.807, 2.05) is 32.0 Å². The van der Waals surface area contributed by atoms with Gasteiger partial charge in [0.25, 0.3) is 5.91 Å². The minimum absolute atomic E-state index is 0.143. The number of urea groups is 1. The van der Waals surface area contributed by atoms with Gasteiger partial charge < -0.3 is 29.9 Å². The van der Waals surface area contributed by atoms with Crippen LogP contribution in [0.5, 0.6) is 5.75 Å². The molecule has 0 spiro atoms. The van der Waals surface area contributed by atoms with E-state index in [1.165, 1.54) is 17.0 Å². The number of likely N-dealkylation sites (N-methyl/N-ethyl adjacent to an activating group) is 1. The van der Waals surface area contributed by atoms with Gasteiger partial charge >= 0.3 is 12.2 Å². The molecule has 0 unspecified atom stereocenters. The number of carbonyl (C=O) groups excluding carboxylic acids is 2. The molecule has 1 aliphatic heterocycles. The molecule has 1 aliphatic rings. The lowest BCUT2D eigenvalue weighted by atomic mass is 9.99. The third kappa shape index (κ3) is 6.46. The summed E-state index contributed by atoms with van der Waals surface area (Å²) in [5.74, 6) is -0.0812. The summed E-state index contributed by atoms with van der Waals surface area (Å²) in [6.45, 7) is 3.90. The highest BCUT2D eigenvalue weighted by Gasteiger charge is 2.35. The van der Waals surface area contributed by atoms with E-state index in [9.17, 15) is 27.9 Å². The monoisotopic (exact) mass is 522 g/mol. The van der Waals surface area contributed by atoms with Crippen LogP contribution in [0.1, 0.15) is 29.8 Å². The Labute approximate surface area is 214 Å². The van der Waals surface area contributed by atoms with Crippen molar-refractivity contribution in [3.8, 4) is 5.75 Å². The van der Waals surface area contributed by atoms with Gasteiger partial charge in [0.05, 0.1) is 36.0 Å². The normalized spacial score (nSPS) is 18.7. The third-order valence-electron chi connectivity index (χ3n) is 6.42. The van der Waals surface area contributed by atoms with Crippen LogP contribution in [0, 0.1) is 5.92 Å². The maximum atomic E-state index is 13.4. The Morgan fingerprint density at radius 3 is 2.41 bits per heavy atom. The van der Waals surface area contributed by atoms with Crippen LogP contribution < -0.4 is 15.0 Å². The Hall–Kier alpha value is -3.47. The van der Waals surface area contributed by atoms with Crippen molar-refractivity contribution >= 4 is 23.3 Å². The Morgan fingerprint density at radius 2 is 1.84 bits per heavy atom. The van der Waals surface area contributed by atoms with Crippen LogP contribution in [-0.4, -0.2) is 79.8 Å². The zero-order chi connectivity index (χ0) is 27.5. The summed E-state index contributed by atoms with van der Waals surface area (Å²) in [5, 5.41) is 12.4. The van der Waals surface area contributed by atoms with Crippen molar-refractivity contribution in [1.82, 2.24) is 9.80 Å². The maximum Gasteiger partial charge on any atom is 0.416 e. The van der Waals surface area contributed by atoms with Gasteiger partial charge in [-0.3, -0.25) is 4.79 Å². The van der Waals surface area contributed by atoms with Gasteiger partial charge in [0.15, 0.2) is 5.75 Å². The van der Waals surface area contributed by atoms with Crippen LogP contribution in [0.2, 0.25) is 0 Å². The zero-order valence-corrected chi connectivity index (χ0v) is 21.5. The summed E-state index contributed by atoms with van der Waals surface area (Å²) in [5.41, 5.74) is 0.478. The summed E-state index contributed by atoms with van der Waals surface area (Å²) in [7, 11) is 5.23. The van der Waals surface area contributed by atoms with Crippen molar-refractivity contribution in [1.29, 1.82) is 0 Å². The number of fused-ring (bicyclic) bond motifs is 1. The highest BCUT2D eigenvalue weighted by Crippen LogP contribution is 2.36. The number of carbonyl (C=O) groups is 2. The molecule has 0 aliphatic carbocycles. The number of anilines is 2. The number of para-hydroxylation sites is 1. The molecule has 2 N–H and O–H groups in total.